The zero-order valence-corrected chi connectivity index (χ0v) is 11.1. The van der Waals surface area contributed by atoms with Gasteiger partial charge in [-0.1, -0.05) is 23.7 Å². The summed E-state index contributed by atoms with van der Waals surface area (Å²) in [7, 11) is 0. The maximum atomic E-state index is 13.0. The lowest BCUT2D eigenvalue weighted by Crippen LogP contribution is -1.96. The van der Waals surface area contributed by atoms with Crippen LogP contribution in [0.25, 0.3) is 0 Å². The number of allylic oxidation sites excluding steroid dienone is 1. The van der Waals surface area contributed by atoms with Crippen molar-refractivity contribution in [3.8, 4) is 5.75 Å². The summed E-state index contributed by atoms with van der Waals surface area (Å²) >= 11 is 5.63. The summed E-state index contributed by atoms with van der Waals surface area (Å²) in [6.45, 7) is 0. The normalized spacial score (nSPS) is 10.7. The fraction of sp³-hybridized carbons (Fsp3) is 0. The molecule has 0 amide bonds. The average Bonchev–Trinajstić information content (AvgIpc) is 2.43. The van der Waals surface area contributed by atoms with Gasteiger partial charge in [0, 0.05) is 18.0 Å². The Balaban J connectivity index is 2.05. The number of hydrogen-bond acceptors (Lipinski definition) is 3. The Hall–Kier alpha value is -2.33. The topological polar surface area (TPSA) is 49.3 Å². The molecule has 0 heterocycles. The van der Waals surface area contributed by atoms with E-state index in [1.165, 1.54) is 42.6 Å². The molecule has 20 heavy (non-hydrogen) atoms. The van der Waals surface area contributed by atoms with Gasteiger partial charge in [0.25, 0.3) is 0 Å². The SMILES string of the molecule is O=C(/C=C/Nc1ccc(F)c(Cl)c1)c1ccccc1O. The second kappa shape index (κ2) is 6.21. The van der Waals surface area contributed by atoms with E-state index in [9.17, 15) is 14.3 Å². The zero-order valence-electron chi connectivity index (χ0n) is 10.3. The zero-order chi connectivity index (χ0) is 14.5. The molecule has 0 aliphatic rings. The van der Waals surface area contributed by atoms with E-state index < -0.39 is 5.82 Å². The van der Waals surface area contributed by atoms with Gasteiger partial charge in [0.2, 0.25) is 0 Å². The monoisotopic (exact) mass is 291 g/mol. The number of rotatable bonds is 4. The first-order valence-corrected chi connectivity index (χ1v) is 6.16. The molecule has 2 rings (SSSR count). The van der Waals surface area contributed by atoms with Gasteiger partial charge in [0.15, 0.2) is 5.78 Å². The molecule has 0 aliphatic carbocycles. The predicted molar refractivity (Wildman–Crippen MR) is 76.6 cm³/mol. The van der Waals surface area contributed by atoms with Gasteiger partial charge in [-0.05, 0) is 30.3 Å². The lowest BCUT2D eigenvalue weighted by molar-refractivity contribution is 0.104. The third-order valence-corrected chi connectivity index (χ3v) is 2.86. The largest absolute Gasteiger partial charge is 0.507 e. The molecule has 2 N–H and O–H groups in total. The minimum atomic E-state index is -0.508. The summed E-state index contributed by atoms with van der Waals surface area (Å²) in [5.41, 5.74) is 0.764. The number of aromatic hydroxyl groups is 1. The van der Waals surface area contributed by atoms with Crippen LogP contribution in [0.5, 0.6) is 5.75 Å². The van der Waals surface area contributed by atoms with Crippen molar-refractivity contribution in [1.29, 1.82) is 0 Å². The highest BCUT2D eigenvalue weighted by atomic mass is 35.5. The Morgan fingerprint density at radius 2 is 2.00 bits per heavy atom. The van der Waals surface area contributed by atoms with Crippen molar-refractivity contribution in [3.63, 3.8) is 0 Å². The van der Waals surface area contributed by atoms with Gasteiger partial charge < -0.3 is 10.4 Å². The van der Waals surface area contributed by atoms with Crippen LogP contribution >= 0.6 is 11.6 Å². The minimum Gasteiger partial charge on any atom is -0.507 e. The molecule has 102 valence electrons. The van der Waals surface area contributed by atoms with E-state index in [1.54, 1.807) is 12.1 Å². The number of benzene rings is 2. The van der Waals surface area contributed by atoms with Gasteiger partial charge in [-0.3, -0.25) is 4.79 Å². The Labute approximate surface area is 120 Å². The maximum absolute atomic E-state index is 13.0. The van der Waals surface area contributed by atoms with Gasteiger partial charge in [0.1, 0.15) is 11.6 Å². The second-order valence-corrected chi connectivity index (χ2v) is 4.40. The van der Waals surface area contributed by atoms with Gasteiger partial charge >= 0.3 is 0 Å². The minimum absolute atomic E-state index is 0.00423. The molecule has 0 unspecified atom stereocenters. The van der Waals surface area contributed by atoms with Crippen LogP contribution in [0.3, 0.4) is 0 Å². The van der Waals surface area contributed by atoms with E-state index in [1.807, 2.05) is 0 Å². The van der Waals surface area contributed by atoms with Gasteiger partial charge in [0.05, 0.1) is 10.6 Å². The fourth-order valence-corrected chi connectivity index (χ4v) is 1.75. The molecule has 0 spiro atoms. The maximum Gasteiger partial charge on any atom is 0.190 e. The third-order valence-electron chi connectivity index (χ3n) is 2.57. The summed E-state index contributed by atoms with van der Waals surface area (Å²) in [6.07, 6.45) is 2.67. The van der Waals surface area contributed by atoms with Crippen LogP contribution in [0.15, 0.2) is 54.7 Å². The first-order chi connectivity index (χ1) is 9.58. The summed E-state index contributed by atoms with van der Waals surface area (Å²) in [4.78, 5) is 11.8. The van der Waals surface area contributed by atoms with Crippen LogP contribution in [0.1, 0.15) is 10.4 Å². The highest BCUT2D eigenvalue weighted by molar-refractivity contribution is 6.31. The third kappa shape index (κ3) is 3.36. The van der Waals surface area contributed by atoms with E-state index in [2.05, 4.69) is 5.32 Å². The van der Waals surface area contributed by atoms with Crippen molar-refractivity contribution in [3.05, 3.63) is 71.1 Å². The molecule has 0 aromatic heterocycles. The van der Waals surface area contributed by atoms with Crippen LogP contribution in [0.2, 0.25) is 5.02 Å². The summed E-state index contributed by atoms with van der Waals surface area (Å²) in [5, 5.41) is 12.3. The van der Waals surface area contributed by atoms with Crippen LogP contribution in [-0.2, 0) is 0 Å². The molecule has 0 bridgehead atoms. The second-order valence-electron chi connectivity index (χ2n) is 3.99. The van der Waals surface area contributed by atoms with Crippen molar-refractivity contribution in [2.45, 2.75) is 0 Å². The number of phenols is 1. The highest BCUT2D eigenvalue weighted by Gasteiger charge is 2.06. The quantitative estimate of drug-likeness (QED) is 0.661. The Morgan fingerprint density at radius 3 is 2.70 bits per heavy atom. The molecule has 5 heteroatoms. The number of phenolic OH excluding ortho intramolecular Hbond substituents is 1. The smallest absolute Gasteiger partial charge is 0.190 e. The molecule has 0 aliphatic heterocycles. The van der Waals surface area contributed by atoms with Crippen molar-refractivity contribution in [2.75, 3.05) is 5.32 Å². The summed E-state index contributed by atoms with van der Waals surface area (Å²) < 4.78 is 13.0. The van der Waals surface area contributed by atoms with Crippen LogP contribution in [-0.4, -0.2) is 10.9 Å². The summed E-state index contributed by atoms with van der Waals surface area (Å²) in [6, 6.07) is 10.4. The van der Waals surface area contributed by atoms with Gasteiger partial charge in [-0.2, -0.15) is 0 Å². The van der Waals surface area contributed by atoms with E-state index in [0.29, 0.717) is 5.69 Å². The molecule has 0 atom stereocenters. The van der Waals surface area contributed by atoms with E-state index in [4.69, 9.17) is 11.6 Å². The Bertz CT molecular complexity index is 671. The number of anilines is 1. The van der Waals surface area contributed by atoms with Gasteiger partial charge in [-0.25, -0.2) is 4.39 Å². The average molecular weight is 292 g/mol. The fourth-order valence-electron chi connectivity index (χ4n) is 1.57. The lowest BCUT2D eigenvalue weighted by Gasteiger charge is -2.02. The molecule has 0 radical (unpaired) electrons. The summed E-state index contributed by atoms with van der Waals surface area (Å²) in [5.74, 6) is -0.928. The Morgan fingerprint density at radius 1 is 1.25 bits per heavy atom. The molecule has 3 nitrogen and oxygen atoms in total. The first kappa shape index (κ1) is 14.1. The molecule has 0 saturated heterocycles. The first-order valence-electron chi connectivity index (χ1n) is 5.78. The van der Waals surface area contributed by atoms with Crippen molar-refractivity contribution in [2.24, 2.45) is 0 Å². The number of ketones is 1. The molecule has 0 saturated carbocycles. The van der Waals surface area contributed by atoms with E-state index in [0.717, 1.165) is 0 Å². The lowest BCUT2D eigenvalue weighted by atomic mass is 10.1. The van der Waals surface area contributed by atoms with E-state index in [-0.39, 0.29) is 22.1 Å². The number of halogens is 2. The molecule has 2 aromatic carbocycles. The van der Waals surface area contributed by atoms with Crippen LogP contribution in [0, 0.1) is 5.82 Å². The molecule has 2 aromatic rings. The number of hydrogen-bond donors (Lipinski definition) is 2. The van der Waals surface area contributed by atoms with Gasteiger partial charge in [-0.15, -0.1) is 0 Å². The predicted octanol–water partition coefficient (Wildman–Crippen LogP) is 3.99. The standard InChI is InChI=1S/C15H11ClFNO2/c16-12-9-10(5-6-13(12)17)18-8-7-15(20)11-3-1-2-4-14(11)19/h1-9,18-19H/b8-7+. The molecular formula is C15H11ClFNO2. The van der Waals surface area contributed by atoms with Crippen LogP contribution in [0.4, 0.5) is 10.1 Å². The number of carbonyl (C=O) groups excluding carboxylic acids is 1. The van der Waals surface area contributed by atoms with Crippen LogP contribution < -0.4 is 5.32 Å². The highest BCUT2D eigenvalue weighted by Crippen LogP contribution is 2.20. The Kier molecular flexibility index (Phi) is 4.38. The number of nitrogens with one attached hydrogen (secondary N) is 1. The van der Waals surface area contributed by atoms with E-state index >= 15 is 0 Å². The molecular weight excluding hydrogens is 281 g/mol. The number of para-hydroxylation sites is 1. The van der Waals surface area contributed by atoms with Crippen molar-refractivity contribution < 1.29 is 14.3 Å². The van der Waals surface area contributed by atoms with Crippen molar-refractivity contribution >= 4 is 23.1 Å². The number of carbonyl (C=O) groups is 1. The molecule has 0 fully saturated rings. The van der Waals surface area contributed by atoms with Crippen molar-refractivity contribution in [1.82, 2.24) is 0 Å².